The number of hydrogen-bond acceptors (Lipinski definition) is 6. The number of hydrogen-bond donors (Lipinski definition) is 1. The van der Waals surface area contributed by atoms with Gasteiger partial charge < -0.3 is 24.3 Å². The van der Waals surface area contributed by atoms with Crippen LogP contribution in [0.15, 0.2) is 30.3 Å². The highest BCUT2D eigenvalue weighted by molar-refractivity contribution is 5.99. The summed E-state index contributed by atoms with van der Waals surface area (Å²) in [6.07, 6.45) is 0.677. The molecule has 0 saturated carbocycles. The summed E-state index contributed by atoms with van der Waals surface area (Å²) in [6, 6.07) is 8.85. The molecule has 0 saturated heterocycles. The number of rotatable bonds is 10. The molecule has 1 amide bonds. The maximum atomic E-state index is 13.1. The van der Waals surface area contributed by atoms with E-state index >= 15 is 0 Å². The lowest BCUT2D eigenvalue weighted by atomic mass is 9.95. The van der Waals surface area contributed by atoms with Gasteiger partial charge in [-0.15, -0.1) is 0 Å². The Morgan fingerprint density at radius 3 is 2.00 bits per heavy atom. The summed E-state index contributed by atoms with van der Waals surface area (Å²) >= 11 is 0. The molecule has 2 aromatic carbocycles. The number of carbonyl (C=O) groups is 2. The lowest BCUT2D eigenvalue weighted by Crippen LogP contribution is -2.23. The number of ether oxygens (including phenoxy) is 4. The third kappa shape index (κ3) is 5.63. The number of nitrogens with one attached hydrogen (secondary N) is 1. The van der Waals surface area contributed by atoms with Crippen molar-refractivity contribution in [2.75, 3.05) is 35.0 Å². The summed E-state index contributed by atoms with van der Waals surface area (Å²) in [5.41, 5.74) is 2.11. The molecule has 0 bridgehead atoms. The Hall–Kier alpha value is -3.22. The zero-order valence-corrected chi connectivity index (χ0v) is 17.5. The van der Waals surface area contributed by atoms with E-state index in [4.69, 9.17) is 18.9 Å². The highest BCUT2D eigenvalue weighted by Gasteiger charge is 2.18. The Morgan fingerprint density at radius 2 is 1.41 bits per heavy atom. The second kappa shape index (κ2) is 10.4. The Morgan fingerprint density at radius 1 is 0.828 bits per heavy atom. The average molecular weight is 401 g/mol. The molecular formula is C22H27NO6. The number of Topliss-reactive ketones (excluding diaryl/α,β-unsaturated/α-hetero) is 1. The van der Waals surface area contributed by atoms with E-state index in [2.05, 4.69) is 5.32 Å². The fraction of sp³-hybridized carbons (Fsp3) is 0.364. The third-order valence-electron chi connectivity index (χ3n) is 4.49. The minimum atomic E-state index is -0.122. The summed E-state index contributed by atoms with van der Waals surface area (Å²) < 4.78 is 21.3. The van der Waals surface area contributed by atoms with Crippen LogP contribution >= 0.6 is 0 Å². The van der Waals surface area contributed by atoms with Crippen molar-refractivity contribution in [2.24, 2.45) is 0 Å². The van der Waals surface area contributed by atoms with Crippen LogP contribution in [-0.4, -0.2) is 46.7 Å². The molecule has 7 heteroatoms. The molecule has 0 heterocycles. The topological polar surface area (TPSA) is 83.1 Å². The molecule has 0 unspecified atom stereocenters. The fourth-order valence-corrected chi connectivity index (χ4v) is 3.03. The molecule has 0 aromatic heterocycles. The molecule has 0 spiro atoms. The standard InChI is InChI=1S/C22H27NO6/c1-14(24)23-9-8-16-12-21(28-4)22(29-5)13-17(16)18(25)10-15-6-7-19(26-2)20(11-15)27-3/h6-7,11-13H,8-10H2,1-5H3,(H,23,24). The summed E-state index contributed by atoms with van der Waals surface area (Å²) in [7, 11) is 6.18. The monoisotopic (exact) mass is 401 g/mol. The molecule has 0 aliphatic rings. The van der Waals surface area contributed by atoms with Gasteiger partial charge in [0.15, 0.2) is 28.8 Å². The Balaban J connectivity index is 2.34. The first-order chi connectivity index (χ1) is 13.9. The van der Waals surface area contributed by atoms with Gasteiger partial charge in [0.1, 0.15) is 0 Å². The van der Waals surface area contributed by atoms with Gasteiger partial charge in [-0.25, -0.2) is 0 Å². The molecular weight excluding hydrogens is 374 g/mol. The molecule has 2 rings (SSSR count). The maximum Gasteiger partial charge on any atom is 0.216 e. The smallest absolute Gasteiger partial charge is 0.216 e. The van der Waals surface area contributed by atoms with E-state index in [1.807, 2.05) is 6.07 Å². The van der Waals surface area contributed by atoms with Gasteiger partial charge in [0.2, 0.25) is 5.91 Å². The van der Waals surface area contributed by atoms with E-state index in [9.17, 15) is 9.59 Å². The van der Waals surface area contributed by atoms with Crippen molar-refractivity contribution in [2.45, 2.75) is 19.8 Å². The summed E-state index contributed by atoms with van der Waals surface area (Å²) in [5.74, 6) is 1.99. The number of benzene rings is 2. The van der Waals surface area contributed by atoms with Gasteiger partial charge in [0, 0.05) is 25.5 Å². The molecule has 0 atom stereocenters. The molecule has 0 aliphatic heterocycles. The number of amides is 1. The average Bonchev–Trinajstić information content (AvgIpc) is 2.72. The van der Waals surface area contributed by atoms with Crippen LogP contribution in [-0.2, 0) is 17.6 Å². The zero-order valence-electron chi connectivity index (χ0n) is 17.5. The zero-order chi connectivity index (χ0) is 21.4. The lowest BCUT2D eigenvalue weighted by Gasteiger charge is -2.15. The SMILES string of the molecule is COc1ccc(CC(=O)c2cc(OC)c(OC)cc2CCNC(C)=O)cc1OC. The van der Waals surface area contributed by atoms with Gasteiger partial charge in [-0.3, -0.25) is 9.59 Å². The van der Waals surface area contributed by atoms with Crippen LogP contribution in [0.4, 0.5) is 0 Å². The fourth-order valence-electron chi connectivity index (χ4n) is 3.03. The predicted octanol–water partition coefficient (Wildman–Crippen LogP) is 2.83. The van der Waals surface area contributed by atoms with E-state index in [-0.39, 0.29) is 18.1 Å². The Bertz CT molecular complexity index is 878. The van der Waals surface area contributed by atoms with Crippen LogP contribution < -0.4 is 24.3 Å². The minimum absolute atomic E-state index is 0.0732. The summed E-state index contributed by atoms with van der Waals surface area (Å²) in [4.78, 5) is 24.3. The van der Waals surface area contributed by atoms with Crippen molar-refractivity contribution in [3.05, 3.63) is 47.0 Å². The van der Waals surface area contributed by atoms with Crippen LogP contribution in [0.1, 0.15) is 28.4 Å². The van der Waals surface area contributed by atoms with Crippen LogP contribution in [0.3, 0.4) is 0 Å². The second-order valence-corrected chi connectivity index (χ2v) is 6.39. The van der Waals surface area contributed by atoms with Crippen molar-refractivity contribution in [3.8, 4) is 23.0 Å². The quantitative estimate of drug-likeness (QED) is 0.617. The Labute approximate surface area is 170 Å². The van der Waals surface area contributed by atoms with Crippen LogP contribution in [0.5, 0.6) is 23.0 Å². The first-order valence-electron chi connectivity index (χ1n) is 9.16. The molecule has 1 N–H and O–H groups in total. The first kappa shape index (κ1) is 22.1. The van der Waals surface area contributed by atoms with E-state index in [1.165, 1.54) is 14.0 Å². The van der Waals surface area contributed by atoms with Crippen molar-refractivity contribution in [1.82, 2.24) is 5.32 Å². The molecule has 7 nitrogen and oxygen atoms in total. The van der Waals surface area contributed by atoms with Gasteiger partial charge in [-0.2, -0.15) is 0 Å². The number of methoxy groups -OCH3 is 4. The summed E-state index contributed by atoms with van der Waals surface area (Å²) in [6.45, 7) is 1.87. The molecule has 156 valence electrons. The highest BCUT2D eigenvalue weighted by atomic mass is 16.5. The summed E-state index contributed by atoms with van der Waals surface area (Å²) in [5, 5.41) is 2.75. The van der Waals surface area contributed by atoms with Crippen LogP contribution in [0, 0.1) is 0 Å². The molecule has 0 aliphatic carbocycles. The van der Waals surface area contributed by atoms with Crippen molar-refractivity contribution >= 4 is 11.7 Å². The second-order valence-electron chi connectivity index (χ2n) is 6.39. The number of carbonyl (C=O) groups excluding carboxylic acids is 2. The molecule has 2 aromatic rings. The molecule has 29 heavy (non-hydrogen) atoms. The van der Waals surface area contributed by atoms with Gasteiger partial charge in [0.05, 0.1) is 28.4 Å². The first-order valence-corrected chi connectivity index (χ1v) is 9.16. The Kier molecular flexibility index (Phi) is 7.88. The van der Waals surface area contributed by atoms with Crippen LogP contribution in [0.2, 0.25) is 0 Å². The largest absolute Gasteiger partial charge is 0.493 e. The minimum Gasteiger partial charge on any atom is -0.493 e. The van der Waals surface area contributed by atoms with E-state index in [0.717, 1.165) is 11.1 Å². The van der Waals surface area contributed by atoms with Crippen LogP contribution in [0.25, 0.3) is 0 Å². The predicted molar refractivity (Wildman–Crippen MR) is 110 cm³/mol. The van der Waals surface area contributed by atoms with E-state index in [1.54, 1.807) is 45.6 Å². The number of ketones is 1. The lowest BCUT2D eigenvalue weighted by molar-refractivity contribution is -0.118. The normalized spacial score (nSPS) is 10.2. The third-order valence-corrected chi connectivity index (χ3v) is 4.49. The van der Waals surface area contributed by atoms with Gasteiger partial charge in [-0.05, 0) is 41.8 Å². The van der Waals surface area contributed by atoms with E-state index in [0.29, 0.717) is 41.5 Å². The van der Waals surface area contributed by atoms with E-state index < -0.39 is 0 Å². The van der Waals surface area contributed by atoms with Gasteiger partial charge in [-0.1, -0.05) is 6.07 Å². The van der Waals surface area contributed by atoms with Gasteiger partial charge in [0.25, 0.3) is 0 Å². The van der Waals surface area contributed by atoms with Gasteiger partial charge >= 0.3 is 0 Å². The van der Waals surface area contributed by atoms with Crippen molar-refractivity contribution < 1.29 is 28.5 Å². The maximum absolute atomic E-state index is 13.1. The molecule has 0 radical (unpaired) electrons. The van der Waals surface area contributed by atoms with Crippen molar-refractivity contribution in [1.29, 1.82) is 0 Å². The highest BCUT2D eigenvalue weighted by Crippen LogP contribution is 2.32. The van der Waals surface area contributed by atoms with Crippen molar-refractivity contribution in [3.63, 3.8) is 0 Å². The molecule has 0 fully saturated rings.